The minimum Gasteiger partial charge on any atom is -0.462 e. The highest BCUT2D eigenvalue weighted by Crippen LogP contribution is 2.19. The van der Waals surface area contributed by atoms with Crippen molar-refractivity contribution in [1.82, 2.24) is 0 Å². The van der Waals surface area contributed by atoms with Crippen LogP contribution in [0.1, 0.15) is 343 Å². The molecule has 0 N–H and O–H groups in total. The van der Waals surface area contributed by atoms with Crippen molar-refractivity contribution < 1.29 is 28.6 Å². The summed E-state index contributed by atoms with van der Waals surface area (Å²) in [6.45, 7) is 11.5. The van der Waals surface area contributed by atoms with E-state index in [2.05, 4.69) is 34.6 Å². The molecule has 0 rings (SSSR count). The number of ether oxygens (including phenoxy) is 3. The van der Waals surface area contributed by atoms with Gasteiger partial charge in [0, 0.05) is 19.3 Å². The van der Waals surface area contributed by atoms with Gasteiger partial charge in [-0.25, -0.2) is 0 Å². The average Bonchev–Trinajstić information content (AvgIpc) is 3.31. The topological polar surface area (TPSA) is 78.9 Å². The van der Waals surface area contributed by atoms with E-state index in [1.165, 1.54) is 231 Å². The van der Waals surface area contributed by atoms with Gasteiger partial charge in [0.1, 0.15) is 13.2 Å². The predicted molar refractivity (Wildman–Crippen MR) is 289 cm³/mol. The van der Waals surface area contributed by atoms with Crippen molar-refractivity contribution in [1.29, 1.82) is 0 Å². The zero-order chi connectivity index (χ0) is 48.9. The van der Waals surface area contributed by atoms with Gasteiger partial charge in [0.15, 0.2) is 6.10 Å². The summed E-state index contributed by atoms with van der Waals surface area (Å²) in [6, 6.07) is 0. The molecule has 0 heterocycles. The molecular formula is C61H118O6. The summed E-state index contributed by atoms with van der Waals surface area (Å²) in [4.78, 5) is 38.2. The molecule has 6 nitrogen and oxygen atoms in total. The van der Waals surface area contributed by atoms with Crippen molar-refractivity contribution in [3.63, 3.8) is 0 Å². The summed E-state index contributed by atoms with van der Waals surface area (Å²) in [7, 11) is 0. The van der Waals surface area contributed by atoms with Crippen LogP contribution in [0.2, 0.25) is 0 Å². The molecule has 1 unspecified atom stereocenters. The summed E-state index contributed by atoms with van der Waals surface area (Å²) in [5, 5.41) is 0. The maximum Gasteiger partial charge on any atom is 0.306 e. The number of carbonyl (C=O) groups is 3. The molecule has 0 spiro atoms. The molecule has 0 saturated heterocycles. The van der Waals surface area contributed by atoms with Gasteiger partial charge in [-0.2, -0.15) is 0 Å². The van der Waals surface area contributed by atoms with Gasteiger partial charge in [0.05, 0.1) is 0 Å². The van der Waals surface area contributed by atoms with Crippen LogP contribution in [-0.2, 0) is 28.6 Å². The fourth-order valence-electron chi connectivity index (χ4n) is 9.37. The van der Waals surface area contributed by atoms with Gasteiger partial charge >= 0.3 is 17.9 Å². The molecule has 0 fully saturated rings. The Kier molecular flexibility index (Phi) is 52.5. The third-order valence-corrected chi connectivity index (χ3v) is 14.3. The Morgan fingerprint density at radius 3 is 0.851 bits per heavy atom. The summed E-state index contributed by atoms with van der Waals surface area (Å²) in [5.74, 6) is 0.875. The first kappa shape index (κ1) is 65.4. The summed E-state index contributed by atoms with van der Waals surface area (Å²) in [6.07, 6.45) is 58.0. The standard InChI is InChI=1S/C61H118O6/c1-6-8-9-10-11-12-13-14-15-16-17-18-22-25-31-36-41-46-51-59(62)65-54-58(67-61(64)53-48-43-38-33-28-27-30-35-40-45-50-57(5)7-2)55-66-60(63)52-47-42-37-32-26-23-20-19-21-24-29-34-39-44-49-56(3)4/h56-58H,6-55H2,1-5H3/t57?,58-/m1/s1. The molecule has 2 atom stereocenters. The lowest BCUT2D eigenvalue weighted by Gasteiger charge is -2.18. The predicted octanol–water partition coefficient (Wildman–Crippen LogP) is 20.0. The molecule has 0 aromatic carbocycles. The number of esters is 3. The summed E-state index contributed by atoms with van der Waals surface area (Å²) < 4.78 is 16.9. The van der Waals surface area contributed by atoms with Crippen molar-refractivity contribution in [2.45, 2.75) is 349 Å². The molecule has 6 heteroatoms. The smallest absolute Gasteiger partial charge is 0.306 e. The van der Waals surface area contributed by atoms with Crippen LogP contribution in [0.4, 0.5) is 0 Å². The van der Waals surface area contributed by atoms with E-state index in [-0.39, 0.29) is 31.1 Å². The van der Waals surface area contributed by atoms with Gasteiger partial charge in [0.2, 0.25) is 0 Å². The van der Waals surface area contributed by atoms with E-state index in [4.69, 9.17) is 14.2 Å². The molecule has 0 amide bonds. The Morgan fingerprint density at radius 1 is 0.313 bits per heavy atom. The van der Waals surface area contributed by atoms with Gasteiger partial charge in [-0.15, -0.1) is 0 Å². The van der Waals surface area contributed by atoms with E-state index >= 15 is 0 Å². The molecule has 0 radical (unpaired) electrons. The van der Waals surface area contributed by atoms with Crippen molar-refractivity contribution in [2.24, 2.45) is 11.8 Å². The van der Waals surface area contributed by atoms with E-state index in [0.29, 0.717) is 19.3 Å². The molecule has 0 aliphatic carbocycles. The number of carbonyl (C=O) groups excluding carboxylic acids is 3. The Hall–Kier alpha value is -1.59. The molecule has 0 bridgehead atoms. The number of rotatable bonds is 55. The second-order valence-electron chi connectivity index (χ2n) is 21.7. The van der Waals surface area contributed by atoms with Crippen LogP contribution in [-0.4, -0.2) is 37.2 Å². The lowest BCUT2D eigenvalue weighted by molar-refractivity contribution is -0.167. The molecular weight excluding hydrogens is 829 g/mol. The van der Waals surface area contributed by atoms with E-state index in [1.54, 1.807) is 0 Å². The third-order valence-electron chi connectivity index (χ3n) is 14.3. The zero-order valence-corrected chi connectivity index (χ0v) is 46.0. The van der Waals surface area contributed by atoms with Crippen LogP contribution >= 0.6 is 0 Å². The van der Waals surface area contributed by atoms with E-state index in [1.807, 2.05) is 0 Å². The lowest BCUT2D eigenvalue weighted by atomic mass is 9.99. The van der Waals surface area contributed by atoms with Gasteiger partial charge in [-0.1, -0.05) is 304 Å². The average molecular weight is 948 g/mol. The van der Waals surface area contributed by atoms with Crippen LogP contribution in [0, 0.1) is 11.8 Å². The van der Waals surface area contributed by atoms with Crippen molar-refractivity contribution >= 4 is 17.9 Å². The molecule has 0 saturated carbocycles. The maximum atomic E-state index is 12.9. The van der Waals surface area contributed by atoms with Crippen molar-refractivity contribution in [3.8, 4) is 0 Å². The van der Waals surface area contributed by atoms with Crippen LogP contribution in [0.5, 0.6) is 0 Å². The number of hydrogen-bond donors (Lipinski definition) is 0. The first-order valence-electron chi connectivity index (χ1n) is 30.3. The molecule has 398 valence electrons. The highest BCUT2D eigenvalue weighted by molar-refractivity contribution is 5.71. The first-order chi connectivity index (χ1) is 32.8. The SMILES string of the molecule is CCCCCCCCCCCCCCCCCCCCC(=O)OC[C@H](COC(=O)CCCCCCCCCCCCCCCCC(C)C)OC(=O)CCCCCCCCCCCCC(C)CC. The van der Waals surface area contributed by atoms with E-state index in [9.17, 15) is 14.4 Å². The van der Waals surface area contributed by atoms with E-state index in [0.717, 1.165) is 69.6 Å². The lowest BCUT2D eigenvalue weighted by Crippen LogP contribution is -2.30. The third kappa shape index (κ3) is 53.6. The van der Waals surface area contributed by atoms with Crippen LogP contribution < -0.4 is 0 Å². The Morgan fingerprint density at radius 2 is 0.567 bits per heavy atom. The normalized spacial score (nSPS) is 12.4. The maximum absolute atomic E-state index is 12.9. The van der Waals surface area contributed by atoms with Crippen molar-refractivity contribution in [3.05, 3.63) is 0 Å². The zero-order valence-electron chi connectivity index (χ0n) is 46.0. The molecule has 0 aliphatic heterocycles. The number of hydrogen-bond acceptors (Lipinski definition) is 6. The second-order valence-corrected chi connectivity index (χ2v) is 21.7. The molecule has 0 aliphatic rings. The van der Waals surface area contributed by atoms with Gasteiger partial charge in [-0.05, 0) is 31.1 Å². The fraction of sp³-hybridized carbons (Fsp3) is 0.951. The molecule has 0 aromatic rings. The largest absolute Gasteiger partial charge is 0.462 e. The quantitative estimate of drug-likeness (QED) is 0.0343. The Labute approximate surface area is 418 Å². The van der Waals surface area contributed by atoms with E-state index < -0.39 is 6.10 Å². The summed E-state index contributed by atoms with van der Waals surface area (Å²) >= 11 is 0. The Balaban J connectivity index is 4.29. The Bertz CT molecular complexity index is 1030. The van der Waals surface area contributed by atoms with Gasteiger partial charge in [0.25, 0.3) is 0 Å². The second kappa shape index (κ2) is 53.8. The first-order valence-corrected chi connectivity index (χ1v) is 30.3. The highest BCUT2D eigenvalue weighted by Gasteiger charge is 2.19. The van der Waals surface area contributed by atoms with Crippen LogP contribution in [0.3, 0.4) is 0 Å². The fourth-order valence-corrected chi connectivity index (χ4v) is 9.37. The molecule has 67 heavy (non-hydrogen) atoms. The minimum absolute atomic E-state index is 0.0625. The molecule has 0 aromatic heterocycles. The monoisotopic (exact) mass is 947 g/mol. The van der Waals surface area contributed by atoms with Gasteiger partial charge < -0.3 is 14.2 Å². The van der Waals surface area contributed by atoms with Crippen LogP contribution in [0.25, 0.3) is 0 Å². The minimum atomic E-state index is -0.763. The van der Waals surface area contributed by atoms with Crippen molar-refractivity contribution in [2.75, 3.05) is 13.2 Å². The van der Waals surface area contributed by atoms with Gasteiger partial charge in [-0.3, -0.25) is 14.4 Å². The summed E-state index contributed by atoms with van der Waals surface area (Å²) in [5.41, 5.74) is 0. The van der Waals surface area contributed by atoms with Crippen LogP contribution in [0.15, 0.2) is 0 Å². The number of unbranched alkanes of at least 4 members (excludes halogenated alkanes) is 39. The highest BCUT2D eigenvalue weighted by atomic mass is 16.6.